The van der Waals surface area contributed by atoms with Crippen LogP contribution in [-0.4, -0.2) is 59.4 Å². The van der Waals surface area contributed by atoms with Gasteiger partial charge in [0.15, 0.2) is 0 Å². The van der Waals surface area contributed by atoms with Crippen LogP contribution in [0.15, 0.2) is 35.2 Å². The third kappa shape index (κ3) is 4.32. The van der Waals surface area contributed by atoms with Crippen molar-refractivity contribution < 1.29 is 14.3 Å². The molecule has 1 aliphatic heterocycles. The van der Waals surface area contributed by atoms with Crippen LogP contribution in [0.1, 0.15) is 23.0 Å². The fourth-order valence-corrected chi connectivity index (χ4v) is 3.32. The second-order valence-electron chi connectivity index (χ2n) is 5.88. The molecule has 8 heteroatoms. The molecule has 7 nitrogen and oxygen atoms in total. The maximum absolute atomic E-state index is 12.9. The number of thiazole rings is 1. The van der Waals surface area contributed by atoms with Gasteiger partial charge in [0.2, 0.25) is 0 Å². The predicted molar refractivity (Wildman–Crippen MR) is 99.4 cm³/mol. The van der Waals surface area contributed by atoms with Crippen molar-refractivity contribution in [1.29, 1.82) is 0 Å². The van der Waals surface area contributed by atoms with Crippen molar-refractivity contribution in [2.45, 2.75) is 13.5 Å². The van der Waals surface area contributed by atoms with Gasteiger partial charge in [0.1, 0.15) is 12.4 Å². The van der Waals surface area contributed by atoms with E-state index in [1.54, 1.807) is 27.4 Å². The summed E-state index contributed by atoms with van der Waals surface area (Å²) in [4.78, 5) is 32.5. The van der Waals surface area contributed by atoms with Gasteiger partial charge in [0.25, 0.3) is 5.91 Å². The zero-order valence-corrected chi connectivity index (χ0v) is 15.5. The van der Waals surface area contributed by atoms with Gasteiger partial charge in [-0.3, -0.25) is 4.79 Å². The van der Waals surface area contributed by atoms with Gasteiger partial charge < -0.3 is 19.9 Å². The normalized spacial score (nSPS) is 14.2. The van der Waals surface area contributed by atoms with Crippen molar-refractivity contribution in [2.75, 3.05) is 32.7 Å². The van der Waals surface area contributed by atoms with Gasteiger partial charge in [0.05, 0.1) is 16.8 Å². The Bertz CT molecular complexity index is 743. The number of carbonyl (C=O) groups excluding carboxylic acids is 2. The first-order chi connectivity index (χ1) is 12.7. The maximum Gasteiger partial charge on any atom is 0.317 e. The van der Waals surface area contributed by atoms with E-state index in [1.165, 1.54) is 11.3 Å². The van der Waals surface area contributed by atoms with E-state index < -0.39 is 0 Å². The molecule has 1 fully saturated rings. The minimum Gasteiger partial charge on any atom is -0.486 e. The van der Waals surface area contributed by atoms with Crippen molar-refractivity contribution in [1.82, 2.24) is 20.1 Å². The molecule has 0 aliphatic carbocycles. The molecule has 3 amide bonds. The Labute approximate surface area is 156 Å². The van der Waals surface area contributed by atoms with E-state index in [0.29, 0.717) is 50.6 Å². The molecule has 1 aromatic heterocycles. The first-order valence-corrected chi connectivity index (χ1v) is 9.54. The van der Waals surface area contributed by atoms with Gasteiger partial charge in [-0.1, -0.05) is 12.1 Å². The lowest BCUT2D eigenvalue weighted by Gasteiger charge is -2.34. The van der Waals surface area contributed by atoms with Crippen LogP contribution in [0, 0.1) is 0 Å². The molecular formula is C18H22N4O3S. The lowest BCUT2D eigenvalue weighted by Crippen LogP contribution is -2.53. The minimum atomic E-state index is -0.0772. The van der Waals surface area contributed by atoms with E-state index in [4.69, 9.17) is 4.74 Å². The van der Waals surface area contributed by atoms with Gasteiger partial charge in [-0.15, -0.1) is 11.3 Å². The van der Waals surface area contributed by atoms with Crippen LogP contribution in [-0.2, 0) is 6.61 Å². The summed E-state index contributed by atoms with van der Waals surface area (Å²) >= 11 is 1.51. The first-order valence-electron chi connectivity index (χ1n) is 8.60. The summed E-state index contributed by atoms with van der Waals surface area (Å²) in [5, 5.41) is 4.71. The van der Waals surface area contributed by atoms with Crippen LogP contribution in [0.4, 0.5) is 4.79 Å². The summed E-state index contributed by atoms with van der Waals surface area (Å²) in [5.41, 5.74) is 3.13. The van der Waals surface area contributed by atoms with Crippen LogP contribution >= 0.6 is 11.3 Å². The first kappa shape index (κ1) is 18.2. The second-order valence-corrected chi connectivity index (χ2v) is 6.60. The highest BCUT2D eigenvalue weighted by molar-refractivity contribution is 7.07. The third-order valence-electron chi connectivity index (χ3n) is 4.16. The molecule has 1 aliphatic rings. The predicted octanol–water partition coefficient (Wildman–Crippen LogP) is 2.21. The van der Waals surface area contributed by atoms with Crippen LogP contribution in [0.3, 0.4) is 0 Å². The molecule has 0 atom stereocenters. The summed E-state index contributed by atoms with van der Waals surface area (Å²) in [6, 6.07) is 7.17. The number of nitrogens with zero attached hydrogens (tertiary/aromatic N) is 3. The number of aromatic nitrogens is 1. The monoisotopic (exact) mass is 374 g/mol. The molecule has 138 valence electrons. The smallest absolute Gasteiger partial charge is 0.317 e. The van der Waals surface area contributed by atoms with Crippen LogP contribution < -0.4 is 10.1 Å². The second kappa shape index (κ2) is 8.66. The summed E-state index contributed by atoms with van der Waals surface area (Å²) in [6.07, 6.45) is 0. The molecule has 26 heavy (non-hydrogen) atoms. The molecule has 1 saturated heterocycles. The zero-order chi connectivity index (χ0) is 18.4. The topological polar surface area (TPSA) is 74.8 Å². The molecule has 0 bridgehead atoms. The number of amides is 3. The number of carbonyl (C=O) groups is 2. The quantitative estimate of drug-likeness (QED) is 0.871. The highest BCUT2D eigenvalue weighted by Gasteiger charge is 2.26. The largest absolute Gasteiger partial charge is 0.486 e. The Hall–Kier alpha value is -2.61. The molecule has 0 spiro atoms. The molecule has 0 radical (unpaired) electrons. The minimum absolute atomic E-state index is 0.0746. The van der Waals surface area contributed by atoms with Gasteiger partial charge >= 0.3 is 6.03 Å². The molecule has 2 heterocycles. The van der Waals surface area contributed by atoms with E-state index in [-0.39, 0.29) is 11.9 Å². The van der Waals surface area contributed by atoms with Crippen molar-refractivity contribution in [3.8, 4) is 5.75 Å². The number of para-hydroxylation sites is 1. The Balaban J connectivity index is 1.62. The molecule has 1 N–H and O–H groups in total. The number of benzene rings is 1. The molecule has 0 unspecified atom stereocenters. The average Bonchev–Trinajstić information content (AvgIpc) is 3.20. The summed E-state index contributed by atoms with van der Waals surface area (Å²) in [6.45, 7) is 4.90. The fourth-order valence-electron chi connectivity index (χ4n) is 2.78. The SMILES string of the molecule is CCNC(=O)N1CCN(C(=O)c2ccccc2OCc2cscn2)CC1. The zero-order valence-electron chi connectivity index (χ0n) is 14.7. The number of hydrogen-bond donors (Lipinski definition) is 1. The number of urea groups is 1. The Morgan fingerprint density at radius 1 is 1.19 bits per heavy atom. The van der Waals surface area contributed by atoms with Gasteiger partial charge in [0, 0.05) is 38.1 Å². The number of hydrogen-bond acceptors (Lipinski definition) is 5. The van der Waals surface area contributed by atoms with E-state index in [0.717, 1.165) is 5.69 Å². The molecule has 0 saturated carbocycles. The van der Waals surface area contributed by atoms with E-state index in [1.807, 2.05) is 24.4 Å². The van der Waals surface area contributed by atoms with Crippen molar-refractivity contribution >= 4 is 23.3 Å². The maximum atomic E-state index is 12.9. The highest BCUT2D eigenvalue weighted by atomic mass is 32.1. The standard InChI is InChI=1S/C18H22N4O3S/c1-2-19-18(24)22-9-7-21(8-10-22)17(23)15-5-3-4-6-16(15)25-11-14-12-26-13-20-14/h3-6,12-13H,2,7-11H2,1H3,(H,19,24). The van der Waals surface area contributed by atoms with E-state index in [9.17, 15) is 9.59 Å². The number of piperazine rings is 1. The third-order valence-corrected chi connectivity index (χ3v) is 4.79. The van der Waals surface area contributed by atoms with Crippen molar-refractivity contribution in [3.63, 3.8) is 0 Å². The molecular weight excluding hydrogens is 352 g/mol. The summed E-state index contributed by atoms with van der Waals surface area (Å²) in [7, 11) is 0. The highest BCUT2D eigenvalue weighted by Crippen LogP contribution is 2.22. The Morgan fingerprint density at radius 2 is 1.92 bits per heavy atom. The lowest BCUT2D eigenvalue weighted by atomic mass is 10.1. The molecule has 2 aromatic rings. The Kier molecular flexibility index (Phi) is 6.06. The van der Waals surface area contributed by atoms with Crippen LogP contribution in [0.5, 0.6) is 5.75 Å². The number of nitrogens with one attached hydrogen (secondary N) is 1. The number of rotatable bonds is 5. The summed E-state index contributed by atoms with van der Waals surface area (Å²) in [5.74, 6) is 0.478. The lowest BCUT2D eigenvalue weighted by molar-refractivity contribution is 0.0660. The number of ether oxygens (including phenoxy) is 1. The van der Waals surface area contributed by atoms with Crippen molar-refractivity contribution in [3.05, 3.63) is 46.4 Å². The molecule has 1 aromatic carbocycles. The van der Waals surface area contributed by atoms with Crippen LogP contribution in [0.2, 0.25) is 0 Å². The van der Waals surface area contributed by atoms with Gasteiger partial charge in [-0.25, -0.2) is 9.78 Å². The Morgan fingerprint density at radius 3 is 2.62 bits per heavy atom. The van der Waals surface area contributed by atoms with E-state index >= 15 is 0 Å². The van der Waals surface area contributed by atoms with Gasteiger partial charge in [-0.2, -0.15) is 0 Å². The summed E-state index contributed by atoms with van der Waals surface area (Å²) < 4.78 is 5.81. The van der Waals surface area contributed by atoms with E-state index in [2.05, 4.69) is 10.3 Å². The fraction of sp³-hybridized carbons (Fsp3) is 0.389. The average molecular weight is 374 g/mol. The molecule has 3 rings (SSSR count). The van der Waals surface area contributed by atoms with Gasteiger partial charge in [-0.05, 0) is 19.1 Å². The van der Waals surface area contributed by atoms with Crippen molar-refractivity contribution in [2.24, 2.45) is 0 Å². The van der Waals surface area contributed by atoms with Crippen LogP contribution in [0.25, 0.3) is 0 Å².